The van der Waals surface area contributed by atoms with E-state index in [1.165, 1.54) is 0 Å². The van der Waals surface area contributed by atoms with Gasteiger partial charge >= 0.3 is 0 Å². The third-order valence-electron chi connectivity index (χ3n) is 3.52. The number of aryl methyl sites for hydroxylation is 1. The number of quaternary nitrogens is 1. The van der Waals surface area contributed by atoms with E-state index >= 15 is 0 Å². The van der Waals surface area contributed by atoms with Gasteiger partial charge in [-0.25, -0.2) is 5.21 Å². The summed E-state index contributed by atoms with van der Waals surface area (Å²) in [5.74, 6) is -0.00330. The second-order valence-electron chi connectivity index (χ2n) is 5.18. The highest BCUT2D eigenvalue weighted by Gasteiger charge is 2.10. The van der Waals surface area contributed by atoms with Crippen molar-refractivity contribution in [2.75, 3.05) is 0 Å². The third kappa shape index (κ3) is 3.04. The maximum Gasteiger partial charge on any atom is 0.191 e. The van der Waals surface area contributed by atoms with E-state index in [-0.39, 0.29) is 17.1 Å². The van der Waals surface area contributed by atoms with Crippen LogP contribution < -0.4 is 5.23 Å². The largest absolute Gasteiger partial charge is 0.595 e. The second kappa shape index (κ2) is 6.13. The van der Waals surface area contributed by atoms with E-state index in [0.717, 1.165) is 16.3 Å². The number of hydrogen-bond acceptors (Lipinski definition) is 5. The second-order valence-corrected chi connectivity index (χ2v) is 5.18. The van der Waals surface area contributed by atoms with Gasteiger partial charge in [-0.1, -0.05) is 36.4 Å². The number of aromatic hydroxyl groups is 1. The van der Waals surface area contributed by atoms with Gasteiger partial charge in [-0.2, -0.15) is 5.23 Å². The smallest absolute Gasteiger partial charge is 0.191 e. The molecule has 0 amide bonds. The highest BCUT2D eigenvalue weighted by atomic mass is 16.8. The van der Waals surface area contributed by atoms with Crippen molar-refractivity contribution in [1.29, 1.82) is 0 Å². The molecule has 0 heterocycles. The van der Waals surface area contributed by atoms with Crippen LogP contribution in [0.3, 0.4) is 0 Å². The van der Waals surface area contributed by atoms with Gasteiger partial charge in [0.25, 0.3) is 0 Å². The van der Waals surface area contributed by atoms with Crippen LogP contribution in [0.2, 0.25) is 0 Å². The summed E-state index contributed by atoms with van der Waals surface area (Å²) in [6.45, 7) is 1.81. The molecule has 3 aromatic rings. The Hall–Kier alpha value is -2.80. The Kier molecular flexibility index (Phi) is 4.03. The number of phenolic OH excluding ortho intramolecular Hbond substituents is 1. The lowest BCUT2D eigenvalue weighted by molar-refractivity contribution is -0.990. The first-order chi connectivity index (χ1) is 11.1. The molecule has 0 aliphatic heterocycles. The first-order valence-corrected chi connectivity index (χ1v) is 7.02. The van der Waals surface area contributed by atoms with Crippen LogP contribution in [0, 0.1) is 12.1 Å². The Bertz CT molecular complexity index is 891. The van der Waals surface area contributed by atoms with Gasteiger partial charge < -0.3 is 10.3 Å². The van der Waals surface area contributed by atoms with Gasteiger partial charge in [0.1, 0.15) is 17.1 Å². The number of azo groups is 1. The zero-order valence-corrected chi connectivity index (χ0v) is 12.4. The van der Waals surface area contributed by atoms with Crippen LogP contribution in [0.25, 0.3) is 10.8 Å². The van der Waals surface area contributed by atoms with Gasteiger partial charge in [-0.3, -0.25) is 0 Å². The fraction of sp³-hybridized carbons (Fsp3) is 0.0588. The summed E-state index contributed by atoms with van der Waals surface area (Å²) < 4.78 is 0. The summed E-state index contributed by atoms with van der Waals surface area (Å²) in [6, 6.07) is 15.7. The molecule has 0 aromatic heterocycles. The SMILES string of the molecule is Cc1ccc(N=Nc2c(O)ccc3ccccc23)c([NH+]([O-])O)c1. The number of nitrogens with zero attached hydrogens (tertiary/aromatic N) is 2. The number of nitrogens with one attached hydrogen (secondary N) is 1. The van der Waals surface area contributed by atoms with Gasteiger partial charge in [-0.05, 0) is 30.0 Å². The summed E-state index contributed by atoms with van der Waals surface area (Å²) in [5.41, 5.74) is 1.47. The molecule has 0 fully saturated rings. The lowest BCUT2D eigenvalue weighted by atomic mass is 10.1. The lowest BCUT2D eigenvalue weighted by Crippen LogP contribution is -2.99. The lowest BCUT2D eigenvalue weighted by Gasteiger charge is -2.13. The zero-order chi connectivity index (χ0) is 16.4. The molecule has 6 nitrogen and oxygen atoms in total. The molecule has 1 unspecified atom stereocenters. The number of rotatable bonds is 3. The van der Waals surface area contributed by atoms with E-state index in [4.69, 9.17) is 0 Å². The normalized spacial score (nSPS) is 12.8. The average Bonchev–Trinajstić information content (AvgIpc) is 2.54. The summed E-state index contributed by atoms with van der Waals surface area (Å²) in [7, 11) is 0. The van der Waals surface area contributed by atoms with E-state index in [9.17, 15) is 15.5 Å². The molecule has 3 N–H and O–H groups in total. The van der Waals surface area contributed by atoms with Crippen molar-refractivity contribution in [3.63, 3.8) is 0 Å². The first kappa shape index (κ1) is 15.1. The summed E-state index contributed by atoms with van der Waals surface area (Å²) >= 11 is 0. The minimum absolute atomic E-state index is 0.00330. The van der Waals surface area contributed by atoms with Crippen molar-refractivity contribution in [3.8, 4) is 5.75 Å². The molecule has 0 saturated carbocycles. The van der Waals surface area contributed by atoms with Gasteiger partial charge in [0.2, 0.25) is 0 Å². The minimum Gasteiger partial charge on any atom is -0.595 e. The van der Waals surface area contributed by atoms with Crippen LogP contribution in [-0.4, -0.2) is 10.3 Å². The van der Waals surface area contributed by atoms with Gasteiger partial charge in [-0.15, -0.1) is 10.2 Å². The highest BCUT2D eigenvalue weighted by Crippen LogP contribution is 2.36. The standard InChI is InChI=1S/C17H15N3O3/c1-11-6-8-14(15(10-11)20(22)23)18-19-17-13-5-3-2-4-12(13)7-9-16(17)21/h2-10,20-22H,1H3. The molecule has 6 heteroatoms. The zero-order valence-electron chi connectivity index (χ0n) is 12.4. The molecule has 0 aliphatic carbocycles. The Morgan fingerprint density at radius 1 is 1.00 bits per heavy atom. The van der Waals surface area contributed by atoms with Crippen molar-refractivity contribution >= 4 is 27.8 Å². The van der Waals surface area contributed by atoms with Gasteiger partial charge in [0.15, 0.2) is 5.69 Å². The van der Waals surface area contributed by atoms with Gasteiger partial charge in [0, 0.05) is 11.5 Å². The van der Waals surface area contributed by atoms with E-state index < -0.39 is 5.23 Å². The maximum atomic E-state index is 11.3. The molecule has 3 aromatic carbocycles. The van der Waals surface area contributed by atoms with Crippen LogP contribution in [-0.2, 0) is 0 Å². The Balaban J connectivity index is 2.09. The number of fused-ring (bicyclic) bond motifs is 1. The number of phenols is 1. The van der Waals surface area contributed by atoms with E-state index in [2.05, 4.69) is 10.2 Å². The van der Waals surface area contributed by atoms with Crippen molar-refractivity contribution in [1.82, 2.24) is 0 Å². The molecule has 0 radical (unpaired) electrons. The molecular weight excluding hydrogens is 294 g/mol. The molecule has 0 spiro atoms. The molecule has 0 saturated heterocycles. The van der Waals surface area contributed by atoms with Crippen molar-refractivity contribution in [3.05, 3.63) is 65.4 Å². The van der Waals surface area contributed by atoms with Crippen LogP contribution in [0.15, 0.2) is 64.8 Å². The van der Waals surface area contributed by atoms with Crippen molar-refractivity contribution in [2.24, 2.45) is 10.2 Å². The monoisotopic (exact) mass is 309 g/mol. The fourth-order valence-corrected chi connectivity index (χ4v) is 2.36. The van der Waals surface area contributed by atoms with Crippen LogP contribution in [0.4, 0.5) is 17.1 Å². The quantitative estimate of drug-likeness (QED) is 0.509. The topological polar surface area (TPSA) is 92.7 Å². The number of hydrogen-bond donors (Lipinski definition) is 3. The summed E-state index contributed by atoms with van der Waals surface area (Å²) in [5, 5.41) is 39.3. The van der Waals surface area contributed by atoms with Crippen LogP contribution in [0.5, 0.6) is 5.75 Å². The molecule has 0 aliphatic rings. The summed E-state index contributed by atoms with van der Waals surface area (Å²) in [6.07, 6.45) is 0. The first-order valence-electron chi connectivity index (χ1n) is 7.02. The summed E-state index contributed by atoms with van der Waals surface area (Å²) in [4.78, 5) is 0. The minimum atomic E-state index is -1.07. The maximum absolute atomic E-state index is 11.3. The average molecular weight is 309 g/mol. The molecular formula is C17H15N3O3. The number of benzene rings is 3. The van der Waals surface area contributed by atoms with Crippen LogP contribution in [0.1, 0.15) is 5.56 Å². The Morgan fingerprint density at radius 3 is 2.57 bits per heavy atom. The van der Waals surface area contributed by atoms with Crippen molar-refractivity contribution in [2.45, 2.75) is 6.92 Å². The predicted molar refractivity (Wildman–Crippen MR) is 86.7 cm³/mol. The van der Waals surface area contributed by atoms with E-state index in [1.807, 2.05) is 31.2 Å². The van der Waals surface area contributed by atoms with Crippen LogP contribution >= 0.6 is 0 Å². The molecule has 0 bridgehead atoms. The highest BCUT2D eigenvalue weighted by molar-refractivity contribution is 5.95. The van der Waals surface area contributed by atoms with Crippen molar-refractivity contribution < 1.29 is 15.5 Å². The Labute approximate surface area is 132 Å². The Morgan fingerprint density at radius 2 is 1.78 bits per heavy atom. The molecule has 3 rings (SSSR count). The fourth-order valence-electron chi connectivity index (χ4n) is 2.36. The van der Waals surface area contributed by atoms with E-state index in [0.29, 0.717) is 5.69 Å². The molecule has 116 valence electrons. The molecule has 1 atom stereocenters. The van der Waals surface area contributed by atoms with Gasteiger partial charge in [0.05, 0.1) is 0 Å². The van der Waals surface area contributed by atoms with E-state index in [1.54, 1.807) is 30.3 Å². The predicted octanol–water partition coefficient (Wildman–Crippen LogP) is 3.67. The molecule has 23 heavy (non-hydrogen) atoms. The third-order valence-corrected chi connectivity index (χ3v) is 3.52.